The number of benzene rings is 2. The molecule has 0 aromatic heterocycles. The molecule has 1 aliphatic rings. The molecule has 0 saturated carbocycles. The van der Waals surface area contributed by atoms with E-state index >= 15 is 0 Å². The Hall–Kier alpha value is -2.53. The van der Waals surface area contributed by atoms with Crippen LogP contribution in [-0.2, 0) is 0 Å². The van der Waals surface area contributed by atoms with E-state index in [0.29, 0.717) is 18.8 Å². The van der Waals surface area contributed by atoms with Crippen LogP contribution in [0.4, 0.5) is 0 Å². The van der Waals surface area contributed by atoms with Gasteiger partial charge in [0.25, 0.3) is 5.91 Å². The number of likely N-dealkylation sites (tertiary alicyclic amines) is 1. The van der Waals surface area contributed by atoms with Crippen LogP contribution in [0, 0.1) is 5.92 Å². The van der Waals surface area contributed by atoms with Crippen LogP contribution in [0.25, 0.3) is 0 Å². The summed E-state index contributed by atoms with van der Waals surface area (Å²) in [5.74, 6) is 0.387. The minimum atomic E-state index is -0.507. The van der Waals surface area contributed by atoms with Crippen molar-refractivity contribution in [3.05, 3.63) is 59.7 Å². The molecule has 1 heterocycles. The number of amides is 1. The quantitative estimate of drug-likeness (QED) is 0.897. The zero-order valence-electron chi connectivity index (χ0n) is 14.3. The van der Waals surface area contributed by atoms with Gasteiger partial charge < -0.3 is 19.8 Å². The molecule has 5 heteroatoms. The number of phenols is 1. The highest BCUT2D eigenvalue weighted by molar-refractivity contribution is 5.97. The van der Waals surface area contributed by atoms with Crippen molar-refractivity contribution in [2.24, 2.45) is 5.92 Å². The Morgan fingerprint density at radius 3 is 2.44 bits per heavy atom. The number of rotatable bonds is 4. The summed E-state index contributed by atoms with van der Waals surface area (Å²) in [4.78, 5) is 14.4. The lowest BCUT2D eigenvalue weighted by Gasteiger charge is -2.34. The van der Waals surface area contributed by atoms with Crippen LogP contribution in [0.2, 0.25) is 0 Å². The second kappa shape index (κ2) is 7.57. The van der Waals surface area contributed by atoms with E-state index in [4.69, 9.17) is 4.74 Å². The van der Waals surface area contributed by atoms with Crippen molar-refractivity contribution in [3.63, 3.8) is 0 Å². The molecule has 5 nitrogen and oxygen atoms in total. The van der Waals surface area contributed by atoms with Crippen molar-refractivity contribution in [3.8, 4) is 11.5 Å². The molecule has 1 aliphatic heterocycles. The molecule has 1 amide bonds. The summed E-state index contributed by atoms with van der Waals surface area (Å²) in [6.45, 7) is 1.14. The number of hydrogen-bond acceptors (Lipinski definition) is 4. The Morgan fingerprint density at radius 2 is 1.84 bits per heavy atom. The first-order valence-corrected chi connectivity index (χ1v) is 8.49. The predicted octanol–water partition coefficient (Wildman–Crippen LogP) is 2.99. The number of aromatic hydroxyl groups is 1. The molecule has 3 rings (SSSR count). The maximum atomic E-state index is 12.6. The zero-order valence-corrected chi connectivity index (χ0v) is 14.3. The number of carbonyl (C=O) groups excluding carboxylic acids is 1. The summed E-state index contributed by atoms with van der Waals surface area (Å²) in [5.41, 5.74) is 1.20. The third-order valence-corrected chi connectivity index (χ3v) is 4.85. The van der Waals surface area contributed by atoms with Gasteiger partial charge in [0.1, 0.15) is 11.5 Å². The highest BCUT2D eigenvalue weighted by Gasteiger charge is 2.29. The molecule has 1 fully saturated rings. The second-order valence-corrected chi connectivity index (χ2v) is 6.37. The molecule has 0 spiro atoms. The van der Waals surface area contributed by atoms with Crippen LogP contribution in [0.3, 0.4) is 0 Å². The number of aliphatic hydroxyl groups is 1. The fraction of sp³-hybridized carbons (Fsp3) is 0.350. The summed E-state index contributed by atoms with van der Waals surface area (Å²) in [7, 11) is 1.51. The lowest BCUT2D eigenvalue weighted by Crippen LogP contribution is -2.39. The maximum Gasteiger partial charge on any atom is 0.257 e. The van der Waals surface area contributed by atoms with Crippen LogP contribution < -0.4 is 4.74 Å². The third-order valence-electron chi connectivity index (χ3n) is 4.85. The lowest BCUT2D eigenvalue weighted by molar-refractivity contribution is 0.0460. The highest BCUT2D eigenvalue weighted by atomic mass is 16.5. The monoisotopic (exact) mass is 341 g/mol. The van der Waals surface area contributed by atoms with Crippen molar-refractivity contribution < 1.29 is 19.7 Å². The fourth-order valence-electron chi connectivity index (χ4n) is 3.33. The first-order chi connectivity index (χ1) is 12.1. The molecule has 0 aliphatic carbocycles. The van der Waals surface area contributed by atoms with Gasteiger partial charge in [-0.05, 0) is 36.5 Å². The molecule has 132 valence electrons. The highest BCUT2D eigenvalue weighted by Crippen LogP contribution is 2.32. The average Bonchev–Trinajstić information content (AvgIpc) is 2.67. The molecule has 1 saturated heterocycles. The number of aliphatic hydroxyl groups excluding tert-OH is 1. The van der Waals surface area contributed by atoms with Gasteiger partial charge in [0.15, 0.2) is 0 Å². The Kier molecular flexibility index (Phi) is 5.24. The number of hydrogen-bond donors (Lipinski definition) is 2. The van der Waals surface area contributed by atoms with E-state index in [9.17, 15) is 15.0 Å². The van der Waals surface area contributed by atoms with Gasteiger partial charge in [0, 0.05) is 19.2 Å². The molecule has 2 N–H and O–H groups in total. The molecule has 25 heavy (non-hydrogen) atoms. The average molecular weight is 341 g/mol. The summed E-state index contributed by atoms with van der Waals surface area (Å²) in [5, 5.41) is 20.6. The van der Waals surface area contributed by atoms with Gasteiger partial charge in [-0.25, -0.2) is 0 Å². The number of carbonyl (C=O) groups is 1. The predicted molar refractivity (Wildman–Crippen MR) is 94.7 cm³/mol. The Balaban J connectivity index is 1.63. The maximum absolute atomic E-state index is 12.6. The minimum Gasteiger partial charge on any atom is -0.507 e. The van der Waals surface area contributed by atoms with E-state index in [1.54, 1.807) is 17.0 Å². The molecule has 0 radical (unpaired) electrons. The Labute approximate surface area is 147 Å². The van der Waals surface area contributed by atoms with Gasteiger partial charge in [0.05, 0.1) is 18.8 Å². The van der Waals surface area contributed by atoms with E-state index in [2.05, 4.69) is 0 Å². The van der Waals surface area contributed by atoms with E-state index < -0.39 is 6.10 Å². The standard InChI is InChI=1S/C20H23NO4/c1-25-16-7-8-17(18(22)13-16)20(24)21-11-9-15(10-12-21)19(23)14-5-3-2-4-6-14/h2-8,13,15,19,22-23H,9-12H2,1H3. The van der Waals surface area contributed by atoms with Gasteiger partial charge in [-0.3, -0.25) is 4.79 Å². The lowest BCUT2D eigenvalue weighted by atomic mass is 9.87. The molecular formula is C20H23NO4. The molecule has 1 unspecified atom stereocenters. The van der Waals surface area contributed by atoms with Crippen molar-refractivity contribution in [2.75, 3.05) is 20.2 Å². The first-order valence-electron chi connectivity index (χ1n) is 8.49. The van der Waals surface area contributed by atoms with Crippen LogP contribution in [0.15, 0.2) is 48.5 Å². The van der Waals surface area contributed by atoms with Crippen LogP contribution in [-0.4, -0.2) is 41.2 Å². The summed E-state index contributed by atoms with van der Waals surface area (Å²) in [6.07, 6.45) is 0.963. The Morgan fingerprint density at radius 1 is 1.16 bits per heavy atom. The number of ether oxygens (including phenoxy) is 1. The van der Waals surface area contributed by atoms with Crippen LogP contribution in [0.1, 0.15) is 34.9 Å². The van der Waals surface area contributed by atoms with E-state index in [-0.39, 0.29) is 23.1 Å². The van der Waals surface area contributed by atoms with Crippen molar-refractivity contribution in [1.82, 2.24) is 4.90 Å². The normalized spacial score (nSPS) is 16.5. The molecule has 0 bridgehead atoms. The van der Waals surface area contributed by atoms with Gasteiger partial charge in [-0.15, -0.1) is 0 Å². The van der Waals surface area contributed by atoms with E-state index in [1.165, 1.54) is 13.2 Å². The SMILES string of the molecule is COc1ccc(C(=O)N2CCC(C(O)c3ccccc3)CC2)c(O)c1. The summed E-state index contributed by atoms with van der Waals surface area (Å²) < 4.78 is 5.04. The zero-order chi connectivity index (χ0) is 17.8. The van der Waals surface area contributed by atoms with Gasteiger partial charge in [0.2, 0.25) is 0 Å². The topological polar surface area (TPSA) is 70.0 Å². The largest absolute Gasteiger partial charge is 0.507 e. The summed E-state index contributed by atoms with van der Waals surface area (Å²) in [6, 6.07) is 14.3. The van der Waals surface area contributed by atoms with Gasteiger partial charge >= 0.3 is 0 Å². The van der Waals surface area contributed by atoms with Crippen molar-refractivity contribution in [2.45, 2.75) is 18.9 Å². The van der Waals surface area contributed by atoms with Crippen molar-refractivity contribution >= 4 is 5.91 Å². The van der Waals surface area contributed by atoms with Gasteiger partial charge in [-0.2, -0.15) is 0 Å². The number of methoxy groups -OCH3 is 1. The second-order valence-electron chi connectivity index (χ2n) is 6.37. The smallest absolute Gasteiger partial charge is 0.257 e. The number of nitrogens with zero attached hydrogens (tertiary/aromatic N) is 1. The van der Waals surface area contributed by atoms with Gasteiger partial charge in [-0.1, -0.05) is 30.3 Å². The summed E-state index contributed by atoms with van der Waals surface area (Å²) >= 11 is 0. The molecule has 2 aromatic rings. The number of phenolic OH excluding ortho intramolecular Hbond substituents is 1. The molecular weight excluding hydrogens is 318 g/mol. The number of piperidine rings is 1. The van der Waals surface area contributed by atoms with E-state index in [1.807, 2.05) is 30.3 Å². The first kappa shape index (κ1) is 17.3. The van der Waals surface area contributed by atoms with Crippen molar-refractivity contribution in [1.29, 1.82) is 0 Å². The molecule has 2 aromatic carbocycles. The van der Waals surface area contributed by atoms with E-state index in [0.717, 1.165) is 18.4 Å². The minimum absolute atomic E-state index is 0.0733. The third kappa shape index (κ3) is 3.77. The van der Waals surface area contributed by atoms with Crippen LogP contribution >= 0.6 is 0 Å². The Bertz CT molecular complexity index is 724. The molecule has 1 atom stereocenters. The van der Waals surface area contributed by atoms with Crippen LogP contribution in [0.5, 0.6) is 11.5 Å². The fourth-order valence-corrected chi connectivity index (χ4v) is 3.33.